The van der Waals surface area contributed by atoms with Crippen LogP contribution in [0.15, 0.2) is 42.5 Å². The van der Waals surface area contributed by atoms with Gasteiger partial charge in [0, 0.05) is 30.2 Å². The lowest BCUT2D eigenvalue weighted by Gasteiger charge is -2.37. The molecule has 0 bridgehead atoms. The fourth-order valence-corrected chi connectivity index (χ4v) is 3.24. The molecule has 1 saturated heterocycles. The van der Waals surface area contributed by atoms with E-state index >= 15 is 0 Å². The molecule has 0 saturated carbocycles. The van der Waals surface area contributed by atoms with E-state index < -0.39 is 11.6 Å². The van der Waals surface area contributed by atoms with Gasteiger partial charge in [-0.1, -0.05) is 41.9 Å². The van der Waals surface area contributed by atoms with E-state index in [-0.39, 0.29) is 23.9 Å². The lowest BCUT2D eigenvalue weighted by Crippen LogP contribution is -2.49. The highest BCUT2D eigenvalue weighted by Crippen LogP contribution is 2.29. The van der Waals surface area contributed by atoms with Crippen LogP contribution in [-0.2, 0) is 11.2 Å². The van der Waals surface area contributed by atoms with Crippen molar-refractivity contribution in [2.75, 3.05) is 19.6 Å². The van der Waals surface area contributed by atoms with Gasteiger partial charge in [0.2, 0.25) is 5.91 Å². The zero-order valence-electron chi connectivity index (χ0n) is 12.9. The molecule has 3 nitrogen and oxygen atoms in total. The molecule has 3 rings (SSSR count). The smallest absolute Gasteiger partial charge is 0.227 e. The van der Waals surface area contributed by atoms with E-state index in [9.17, 15) is 13.6 Å². The fraction of sp³-hybridized carbons (Fsp3) is 0.278. The van der Waals surface area contributed by atoms with Crippen molar-refractivity contribution in [1.29, 1.82) is 0 Å². The summed E-state index contributed by atoms with van der Waals surface area (Å²) in [5.74, 6) is -2.15. The molecule has 1 aliphatic heterocycles. The molecule has 1 atom stereocenters. The summed E-state index contributed by atoms with van der Waals surface area (Å²) in [4.78, 5) is 14.4. The fourth-order valence-electron chi connectivity index (χ4n) is 2.98. The summed E-state index contributed by atoms with van der Waals surface area (Å²) in [7, 11) is 0. The minimum Gasteiger partial charge on any atom is -0.333 e. The lowest BCUT2D eigenvalue weighted by molar-refractivity contribution is -0.133. The van der Waals surface area contributed by atoms with Crippen molar-refractivity contribution < 1.29 is 13.6 Å². The van der Waals surface area contributed by atoms with Crippen LogP contribution < -0.4 is 5.32 Å². The van der Waals surface area contributed by atoms with Crippen molar-refractivity contribution in [1.82, 2.24) is 10.2 Å². The molecule has 1 fully saturated rings. The first-order valence-corrected chi connectivity index (χ1v) is 8.13. The molecule has 0 aromatic heterocycles. The molecule has 126 valence electrons. The predicted molar refractivity (Wildman–Crippen MR) is 88.8 cm³/mol. The largest absolute Gasteiger partial charge is 0.333 e. The summed E-state index contributed by atoms with van der Waals surface area (Å²) < 4.78 is 27.2. The number of hydrogen-bond donors (Lipinski definition) is 1. The third kappa shape index (κ3) is 3.42. The maximum absolute atomic E-state index is 13.8. The summed E-state index contributed by atoms with van der Waals surface area (Å²) >= 11 is 6.26. The van der Waals surface area contributed by atoms with Crippen molar-refractivity contribution in [2.24, 2.45) is 0 Å². The number of nitrogens with one attached hydrogen (secondary N) is 1. The standard InChI is InChI=1S/C18H17ClF2N2O/c19-14-6-2-1-5-13(14)16-11-22-8-9-23(16)17(24)10-12-4-3-7-15(20)18(12)21/h1-7,16,22H,8-11H2. The zero-order chi connectivity index (χ0) is 17.1. The van der Waals surface area contributed by atoms with Gasteiger partial charge >= 0.3 is 0 Å². The van der Waals surface area contributed by atoms with E-state index in [2.05, 4.69) is 5.32 Å². The van der Waals surface area contributed by atoms with E-state index in [1.165, 1.54) is 12.1 Å². The van der Waals surface area contributed by atoms with Crippen molar-refractivity contribution >= 4 is 17.5 Å². The summed E-state index contributed by atoms with van der Waals surface area (Å²) in [6, 6.07) is 11.0. The molecular formula is C18H17ClF2N2O. The van der Waals surface area contributed by atoms with Gasteiger partial charge in [0.1, 0.15) is 0 Å². The number of hydrogen-bond acceptors (Lipinski definition) is 2. The average Bonchev–Trinajstić information content (AvgIpc) is 2.59. The SMILES string of the molecule is O=C(Cc1cccc(F)c1F)N1CCNCC1c1ccccc1Cl. The first-order chi connectivity index (χ1) is 11.6. The number of halogens is 3. The molecule has 0 aliphatic carbocycles. The second kappa shape index (κ2) is 7.28. The van der Waals surface area contributed by atoms with Crippen LogP contribution in [0.25, 0.3) is 0 Å². The summed E-state index contributed by atoms with van der Waals surface area (Å²) in [5, 5.41) is 3.83. The molecule has 2 aromatic carbocycles. The van der Waals surface area contributed by atoms with Crippen LogP contribution >= 0.6 is 11.6 Å². The second-order valence-electron chi connectivity index (χ2n) is 5.72. The summed E-state index contributed by atoms with van der Waals surface area (Å²) in [5.41, 5.74) is 0.913. The zero-order valence-corrected chi connectivity index (χ0v) is 13.7. The highest BCUT2D eigenvalue weighted by atomic mass is 35.5. The molecule has 1 amide bonds. The third-order valence-corrected chi connectivity index (χ3v) is 4.55. The Balaban J connectivity index is 1.84. The molecule has 2 aromatic rings. The number of benzene rings is 2. The minimum atomic E-state index is -0.963. The van der Waals surface area contributed by atoms with Crippen LogP contribution in [0.1, 0.15) is 17.2 Å². The van der Waals surface area contributed by atoms with E-state index in [0.717, 1.165) is 11.6 Å². The number of carbonyl (C=O) groups excluding carboxylic acids is 1. The lowest BCUT2D eigenvalue weighted by atomic mass is 10.0. The molecule has 1 N–H and O–H groups in total. The van der Waals surface area contributed by atoms with Crippen molar-refractivity contribution in [2.45, 2.75) is 12.5 Å². The van der Waals surface area contributed by atoms with E-state index in [4.69, 9.17) is 11.6 Å². The monoisotopic (exact) mass is 350 g/mol. The van der Waals surface area contributed by atoms with Gasteiger partial charge in [0.25, 0.3) is 0 Å². The van der Waals surface area contributed by atoms with Gasteiger partial charge in [-0.15, -0.1) is 0 Å². The Hall–Kier alpha value is -1.98. The minimum absolute atomic E-state index is 0.0661. The molecule has 0 radical (unpaired) electrons. The maximum atomic E-state index is 13.8. The Morgan fingerprint density at radius 3 is 2.79 bits per heavy atom. The number of nitrogens with zero attached hydrogens (tertiary/aromatic N) is 1. The van der Waals surface area contributed by atoms with Crippen LogP contribution in [0.5, 0.6) is 0 Å². The molecule has 6 heteroatoms. The number of rotatable bonds is 3. The van der Waals surface area contributed by atoms with Crippen molar-refractivity contribution in [3.63, 3.8) is 0 Å². The van der Waals surface area contributed by atoms with Gasteiger partial charge in [-0.2, -0.15) is 0 Å². The van der Waals surface area contributed by atoms with E-state index in [0.29, 0.717) is 24.7 Å². The molecule has 1 unspecified atom stereocenters. The Labute approximate surface area is 144 Å². The highest BCUT2D eigenvalue weighted by molar-refractivity contribution is 6.31. The quantitative estimate of drug-likeness (QED) is 0.921. The normalized spacial score (nSPS) is 17.8. The van der Waals surface area contributed by atoms with Crippen LogP contribution in [0.2, 0.25) is 5.02 Å². The van der Waals surface area contributed by atoms with Gasteiger partial charge in [0.05, 0.1) is 12.5 Å². The average molecular weight is 351 g/mol. The predicted octanol–water partition coefficient (Wildman–Crippen LogP) is 3.33. The molecule has 1 aliphatic rings. The third-order valence-electron chi connectivity index (χ3n) is 4.20. The Morgan fingerprint density at radius 2 is 2.00 bits per heavy atom. The van der Waals surface area contributed by atoms with Gasteiger partial charge in [-0.05, 0) is 17.7 Å². The first-order valence-electron chi connectivity index (χ1n) is 7.75. The Morgan fingerprint density at radius 1 is 1.21 bits per heavy atom. The van der Waals surface area contributed by atoms with Crippen molar-refractivity contribution in [3.05, 3.63) is 70.2 Å². The topological polar surface area (TPSA) is 32.3 Å². The van der Waals surface area contributed by atoms with Gasteiger partial charge in [-0.25, -0.2) is 8.78 Å². The van der Waals surface area contributed by atoms with Gasteiger partial charge in [-0.3, -0.25) is 4.79 Å². The molecule has 24 heavy (non-hydrogen) atoms. The Kier molecular flexibility index (Phi) is 5.11. The summed E-state index contributed by atoms with van der Waals surface area (Å²) in [6.45, 7) is 1.71. The van der Waals surface area contributed by atoms with Crippen LogP contribution in [0.4, 0.5) is 8.78 Å². The number of piperazine rings is 1. The second-order valence-corrected chi connectivity index (χ2v) is 6.13. The van der Waals surface area contributed by atoms with Gasteiger partial charge < -0.3 is 10.2 Å². The van der Waals surface area contributed by atoms with E-state index in [1.54, 1.807) is 11.0 Å². The van der Waals surface area contributed by atoms with Crippen LogP contribution in [-0.4, -0.2) is 30.4 Å². The van der Waals surface area contributed by atoms with E-state index in [1.807, 2.05) is 18.2 Å². The highest BCUT2D eigenvalue weighted by Gasteiger charge is 2.29. The molecule has 1 heterocycles. The van der Waals surface area contributed by atoms with Crippen LogP contribution in [0.3, 0.4) is 0 Å². The number of carbonyl (C=O) groups is 1. The summed E-state index contributed by atoms with van der Waals surface area (Å²) in [6.07, 6.45) is -0.176. The molecule has 0 spiro atoms. The van der Waals surface area contributed by atoms with Gasteiger partial charge in [0.15, 0.2) is 11.6 Å². The first kappa shape index (κ1) is 16.9. The number of amides is 1. The van der Waals surface area contributed by atoms with Crippen LogP contribution in [0, 0.1) is 11.6 Å². The van der Waals surface area contributed by atoms with Crippen molar-refractivity contribution in [3.8, 4) is 0 Å². The molecular weight excluding hydrogens is 334 g/mol. The Bertz CT molecular complexity index is 754. The maximum Gasteiger partial charge on any atom is 0.227 e.